The van der Waals surface area contributed by atoms with Crippen molar-refractivity contribution in [2.24, 2.45) is 5.92 Å². The van der Waals surface area contributed by atoms with Crippen LogP contribution in [0.15, 0.2) is 10.5 Å². The predicted molar refractivity (Wildman–Crippen MR) is 73.9 cm³/mol. The summed E-state index contributed by atoms with van der Waals surface area (Å²) in [5.41, 5.74) is -0.139. The van der Waals surface area contributed by atoms with Crippen LogP contribution in [0, 0.1) is 5.92 Å². The van der Waals surface area contributed by atoms with Crippen LogP contribution in [0.4, 0.5) is 0 Å². The molecule has 1 aromatic heterocycles. The maximum absolute atomic E-state index is 12.6. The van der Waals surface area contributed by atoms with Crippen molar-refractivity contribution in [3.8, 4) is 0 Å². The molecule has 5 nitrogen and oxygen atoms in total. The van der Waals surface area contributed by atoms with Crippen molar-refractivity contribution in [3.05, 3.63) is 23.2 Å². The maximum Gasteiger partial charge on any atom is 0.339 e. The molecular weight excluding hydrogens is 258 g/mol. The second-order valence-corrected chi connectivity index (χ2v) is 6.14. The molecule has 1 aromatic rings. The second kappa shape index (κ2) is 4.96. The number of likely N-dealkylation sites (tertiary alicyclic amines) is 1. The zero-order chi connectivity index (χ0) is 15.1. The van der Waals surface area contributed by atoms with Gasteiger partial charge in [0.25, 0.3) is 5.91 Å². The summed E-state index contributed by atoms with van der Waals surface area (Å²) in [5.74, 6) is -0.360. The zero-order valence-corrected chi connectivity index (χ0v) is 12.4. The molecule has 0 spiro atoms. The Hall–Kier alpha value is -1.78. The number of carboxylic acids is 1. The molecule has 1 aliphatic rings. The van der Waals surface area contributed by atoms with Crippen molar-refractivity contribution in [2.45, 2.75) is 46.1 Å². The lowest BCUT2D eigenvalue weighted by atomic mass is 9.97. The first-order chi connectivity index (χ1) is 9.26. The van der Waals surface area contributed by atoms with Crippen molar-refractivity contribution in [3.63, 3.8) is 0 Å². The van der Waals surface area contributed by atoms with Gasteiger partial charge in [0, 0.05) is 24.6 Å². The van der Waals surface area contributed by atoms with Crippen LogP contribution in [0.3, 0.4) is 0 Å². The minimum absolute atomic E-state index is 0.0842. The smallest absolute Gasteiger partial charge is 0.339 e. The molecule has 0 radical (unpaired) electrons. The molecule has 0 bridgehead atoms. The van der Waals surface area contributed by atoms with Crippen molar-refractivity contribution < 1.29 is 19.1 Å². The largest absolute Gasteiger partial charge is 0.478 e. The van der Waals surface area contributed by atoms with Crippen molar-refractivity contribution >= 4 is 11.9 Å². The molecule has 110 valence electrons. The molecule has 0 aromatic carbocycles. The molecule has 2 heterocycles. The summed E-state index contributed by atoms with van der Waals surface area (Å²) in [6.45, 7) is 8.64. The average Bonchev–Trinajstić information content (AvgIpc) is 2.88. The quantitative estimate of drug-likeness (QED) is 0.923. The summed E-state index contributed by atoms with van der Waals surface area (Å²) >= 11 is 0. The van der Waals surface area contributed by atoms with Crippen LogP contribution in [0.5, 0.6) is 0 Å². The van der Waals surface area contributed by atoms with Gasteiger partial charge in [-0.15, -0.1) is 0 Å². The highest BCUT2D eigenvalue weighted by Gasteiger charge is 2.40. The Kier molecular flexibility index (Phi) is 3.63. The molecule has 1 amide bonds. The lowest BCUT2D eigenvalue weighted by Crippen LogP contribution is -2.42. The molecule has 0 aliphatic carbocycles. The first-order valence-electron chi connectivity index (χ1n) is 6.94. The number of hydrogen-bond acceptors (Lipinski definition) is 3. The molecular formula is C15H21NO4. The average molecular weight is 279 g/mol. The Morgan fingerprint density at radius 1 is 1.50 bits per heavy atom. The lowest BCUT2D eigenvalue weighted by Gasteiger charge is -2.30. The van der Waals surface area contributed by atoms with E-state index in [4.69, 9.17) is 9.52 Å². The minimum Gasteiger partial charge on any atom is -0.478 e. The minimum atomic E-state index is -1.06. The number of aryl methyl sites for hydroxylation is 1. The van der Waals surface area contributed by atoms with Crippen LogP contribution < -0.4 is 0 Å². The van der Waals surface area contributed by atoms with E-state index in [1.165, 1.54) is 6.07 Å². The summed E-state index contributed by atoms with van der Waals surface area (Å²) in [4.78, 5) is 25.5. The summed E-state index contributed by atoms with van der Waals surface area (Å²) in [6, 6.07) is 1.35. The molecule has 1 unspecified atom stereocenters. The molecule has 1 saturated heterocycles. The van der Waals surface area contributed by atoms with Crippen LogP contribution in [-0.2, 0) is 6.42 Å². The maximum atomic E-state index is 12.6. The molecule has 20 heavy (non-hydrogen) atoms. The van der Waals surface area contributed by atoms with Gasteiger partial charge < -0.3 is 14.4 Å². The van der Waals surface area contributed by atoms with E-state index in [2.05, 4.69) is 6.92 Å². The molecule has 2 rings (SSSR count). The highest BCUT2D eigenvalue weighted by Crippen LogP contribution is 2.34. The fraction of sp³-hybridized carbons (Fsp3) is 0.600. The van der Waals surface area contributed by atoms with Gasteiger partial charge >= 0.3 is 5.97 Å². The molecule has 1 aliphatic heterocycles. The van der Waals surface area contributed by atoms with E-state index < -0.39 is 5.97 Å². The predicted octanol–water partition coefficient (Wildman–Crippen LogP) is 2.80. The number of nitrogens with zero attached hydrogens (tertiary/aromatic N) is 1. The van der Waals surface area contributed by atoms with Crippen LogP contribution in [0.1, 0.15) is 60.8 Å². The van der Waals surface area contributed by atoms with E-state index >= 15 is 0 Å². The number of aromatic carboxylic acids is 1. The van der Waals surface area contributed by atoms with E-state index in [0.717, 1.165) is 6.42 Å². The molecule has 1 N–H and O–H groups in total. The highest BCUT2D eigenvalue weighted by atomic mass is 16.4. The third-order valence-corrected chi connectivity index (χ3v) is 3.89. The van der Waals surface area contributed by atoms with E-state index in [9.17, 15) is 9.59 Å². The molecule has 0 saturated carbocycles. The van der Waals surface area contributed by atoms with Gasteiger partial charge in [0.2, 0.25) is 0 Å². The summed E-state index contributed by atoms with van der Waals surface area (Å²) in [5, 5.41) is 9.12. The van der Waals surface area contributed by atoms with Gasteiger partial charge in [-0.25, -0.2) is 4.79 Å². The lowest BCUT2D eigenvalue weighted by molar-refractivity contribution is 0.0614. The number of carbonyl (C=O) groups excluding carboxylic acids is 1. The first kappa shape index (κ1) is 14.6. The Morgan fingerprint density at radius 3 is 2.55 bits per heavy atom. The van der Waals surface area contributed by atoms with E-state index in [1.807, 2.05) is 13.8 Å². The number of amides is 1. The highest BCUT2D eigenvalue weighted by molar-refractivity contribution is 5.96. The topological polar surface area (TPSA) is 70.8 Å². The summed E-state index contributed by atoms with van der Waals surface area (Å²) in [6.07, 6.45) is 1.39. The molecule has 5 heteroatoms. The Labute approximate surface area is 118 Å². The normalized spacial score (nSPS) is 21.2. The van der Waals surface area contributed by atoms with Crippen LogP contribution in [-0.4, -0.2) is 34.0 Å². The number of hydrogen-bond donors (Lipinski definition) is 1. The monoisotopic (exact) mass is 279 g/mol. The van der Waals surface area contributed by atoms with E-state index in [1.54, 1.807) is 11.8 Å². The molecule has 1 atom stereocenters. The Balaban J connectivity index is 2.32. The summed E-state index contributed by atoms with van der Waals surface area (Å²) in [7, 11) is 0. The van der Waals surface area contributed by atoms with Crippen LogP contribution in [0.2, 0.25) is 0 Å². The first-order valence-corrected chi connectivity index (χ1v) is 6.94. The fourth-order valence-electron chi connectivity index (χ4n) is 3.05. The van der Waals surface area contributed by atoms with Gasteiger partial charge in [-0.05, 0) is 26.2 Å². The SMILES string of the molecule is CCc1oc(C(=O)N2CC(C)CC2(C)C)cc1C(=O)O. The van der Waals surface area contributed by atoms with Gasteiger partial charge in [-0.3, -0.25) is 4.79 Å². The summed E-state index contributed by atoms with van der Waals surface area (Å²) < 4.78 is 5.46. The molecule has 1 fully saturated rings. The van der Waals surface area contributed by atoms with Gasteiger partial charge in [0.15, 0.2) is 5.76 Å². The number of furan rings is 1. The number of carbonyl (C=O) groups is 2. The third-order valence-electron chi connectivity index (χ3n) is 3.89. The zero-order valence-electron chi connectivity index (χ0n) is 12.4. The number of carboxylic acid groups (broad SMARTS) is 1. The van der Waals surface area contributed by atoms with Crippen LogP contribution in [0.25, 0.3) is 0 Å². The van der Waals surface area contributed by atoms with Gasteiger partial charge in [0.1, 0.15) is 11.3 Å². The van der Waals surface area contributed by atoms with Crippen molar-refractivity contribution in [1.82, 2.24) is 4.90 Å². The third kappa shape index (κ3) is 2.44. The standard InChI is InChI=1S/C15H21NO4/c1-5-11-10(14(18)19)6-12(20-11)13(17)16-8-9(2)7-15(16,3)4/h6,9H,5,7-8H2,1-4H3,(H,18,19). The van der Waals surface area contributed by atoms with Crippen molar-refractivity contribution in [1.29, 1.82) is 0 Å². The van der Waals surface area contributed by atoms with Gasteiger partial charge in [0.05, 0.1) is 0 Å². The van der Waals surface area contributed by atoms with E-state index in [0.29, 0.717) is 24.6 Å². The fourth-order valence-corrected chi connectivity index (χ4v) is 3.05. The number of rotatable bonds is 3. The van der Waals surface area contributed by atoms with Gasteiger partial charge in [-0.1, -0.05) is 13.8 Å². The second-order valence-electron chi connectivity index (χ2n) is 6.14. The van der Waals surface area contributed by atoms with Gasteiger partial charge in [-0.2, -0.15) is 0 Å². The van der Waals surface area contributed by atoms with E-state index in [-0.39, 0.29) is 22.8 Å². The van der Waals surface area contributed by atoms with Crippen molar-refractivity contribution in [2.75, 3.05) is 6.54 Å². The van der Waals surface area contributed by atoms with Crippen LogP contribution >= 0.6 is 0 Å². The Bertz CT molecular complexity index is 544. The Morgan fingerprint density at radius 2 is 2.15 bits per heavy atom.